The standard InChI is InChI=1S/C14H19NO5S2/c1-7(2)8(16)4-3-5-11(17)20-13-9-6-10-14(21-9)12(13)15-22(10,18)19/h9-10,12-15H,1,3-6H2,2H3. The molecule has 3 rings (SSSR count). The van der Waals surface area contributed by atoms with E-state index in [1.54, 1.807) is 18.7 Å². The van der Waals surface area contributed by atoms with Gasteiger partial charge in [0.05, 0.1) is 11.3 Å². The minimum absolute atomic E-state index is 0.00204. The third kappa shape index (κ3) is 2.72. The fourth-order valence-corrected chi connectivity index (χ4v) is 7.77. The van der Waals surface area contributed by atoms with Crippen molar-refractivity contribution >= 4 is 33.5 Å². The predicted octanol–water partition coefficient (Wildman–Crippen LogP) is 0.772. The third-order valence-electron chi connectivity index (χ3n) is 4.46. The Hall–Kier alpha value is -0.860. The van der Waals surface area contributed by atoms with Crippen molar-refractivity contribution in [3.8, 4) is 0 Å². The zero-order valence-electron chi connectivity index (χ0n) is 12.3. The van der Waals surface area contributed by atoms with Gasteiger partial charge in [0.15, 0.2) is 5.78 Å². The van der Waals surface area contributed by atoms with Crippen LogP contribution >= 0.6 is 11.8 Å². The first-order valence-corrected chi connectivity index (χ1v) is 9.83. The number of Topliss-reactive ketones (excluding diaryl/α,β-unsaturated/α-hetero) is 1. The van der Waals surface area contributed by atoms with Crippen molar-refractivity contribution < 1.29 is 22.7 Å². The van der Waals surface area contributed by atoms with Crippen LogP contribution in [0.4, 0.5) is 0 Å². The number of ether oxygens (including phenoxy) is 1. The van der Waals surface area contributed by atoms with Crippen molar-refractivity contribution in [2.75, 3.05) is 0 Å². The largest absolute Gasteiger partial charge is 0.459 e. The molecule has 5 atom stereocenters. The lowest BCUT2D eigenvalue weighted by Gasteiger charge is -2.24. The zero-order valence-corrected chi connectivity index (χ0v) is 13.9. The molecule has 0 radical (unpaired) electrons. The van der Waals surface area contributed by atoms with Gasteiger partial charge in [-0.2, -0.15) is 0 Å². The monoisotopic (exact) mass is 345 g/mol. The third-order valence-corrected chi connectivity index (χ3v) is 8.27. The van der Waals surface area contributed by atoms with Crippen LogP contribution in [0.3, 0.4) is 0 Å². The number of ketones is 1. The highest BCUT2D eigenvalue weighted by Gasteiger charge is 2.64. The lowest BCUT2D eigenvalue weighted by molar-refractivity contribution is -0.150. The van der Waals surface area contributed by atoms with Crippen LogP contribution in [-0.4, -0.2) is 48.1 Å². The minimum Gasteiger partial charge on any atom is -0.459 e. The summed E-state index contributed by atoms with van der Waals surface area (Å²) in [6, 6.07) is -0.292. The van der Waals surface area contributed by atoms with Crippen LogP contribution in [0, 0.1) is 0 Å². The summed E-state index contributed by atoms with van der Waals surface area (Å²) >= 11 is 1.61. The second kappa shape index (κ2) is 5.65. The molecule has 3 fully saturated rings. The van der Waals surface area contributed by atoms with Gasteiger partial charge in [-0.1, -0.05) is 6.58 Å². The quantitative estimate of drug-likeness (QED) is 0.565. The Bertz CT molecular complexity index is 629. The maximum Gasteiger partial charge on any atom is 0.306 e. The first-order valence-electron chi connectivity index (χ1n) is 7.34. The summed E-state index contributed by atoms with van der Waals surface area (Å²) in [7, 11) is -3.25. The number of fused-ring (bicyclic) bond motifs is 1. The molecule has 0 aromatic carbocycles. The van der Waals surface area contributed by atoms with Crippen LogP contribution in [0.1, 0.15) is 32.6 Å². The van der Waals surface area contributed by atoms with E-state index in [2.05, 4.69) is 11.3 Å². The van der Waals surface area contributed by atoms with E-state index in [9.17, 15) is 18.0 Å². The number of hydrogen-bond donors (Lipinski definition) is 1. The highest BCUT2D eigenvalue weighted by molar-refractivity contribution is 8.03. The number of thioether (sulfide) groups is 1. The van der Waals surface area contributed by atoms with Crippen LogP contribution in [-0.2, 0) is 24.3 Å². The summed E-state index contributed by atoms with van der Waals surface area (Å²) in [5.74, 6) is -0.412. The summed E-state index contributed by atoms with van der Waals surface area (Å²) in [5.41, 5.74) is 0.490. The van der Waals surface area contributed by atoms with Crippen molar-refractivity contribution in [1.82, 2.24) is 4.72 Å². The molecule has 0 saturated carbocycles. The number of sulfonamides is 1. The number of nitrogens with one attached hydrogen (secondary N) is 1. The molecule has 0 aromatic heterocycles. The molecule has 2 bridgehead atoms. The van der Waals surface area contributed by atoms with Crippen LogP contribution in [0.5, 0.6) is 0 Å². The molecule has 0 aromatic rings. The summed E-state index contributed by atoms with van der Waals surface area (Å²) in [5, 5.41) is -0.279. The number of allylic oxidation sites excluding steroid dienone is 1. The fraction of sp³-hybridized carbons (Fsp3) is 0.714. The molecule has 3 aliphatic heterocycles. The van der Waals surface area contributed by atoms with E-state index in [0.29, 0.717) is 18.4 Å². The van der Waals surface area contributed by atoms with E-state index in [0.717, 1.165) is 0 Å². The van der Waals surface area contributed by atoms with Crippen molar-refractivity contribution in [3.63, 3.8) is 0 Å². The van der Waals surface area contributed by atoms with Gasteiger partial charge in [-0.05, 0) is 25.3 Å². The van der Waals surface area contributed by atoms with Gasteiger partial charge in [0.1, 0.15) is 6.10 Å². The van der Waals surface area contributed by atoms with E-state index < -0.39 is 10.0 Å². The molecule has 3 aliphatic rings. The van der Waals surface area contributed by atoms with E-state index in [-0.39, 0.29) is 52.5 Å². The Morgan fingerprint density at radius 1 is 1.36 bits per heavy atom. The first-order chi connectivity index (χ1) is 10.3. The molecule has 3 heterocycles. The maximum atomic E-state index is 11.9. The molecule has 6 nitrogen and oxygen atoms in total. The number of hydrogen-bond acceptors (Lipinski definition) is 6. The normalized spacial score (nSPS) is 37.2. The molecule has 5 unspecified atom stereocenters. The summed E-state index contributed by atoms with van der Waals surface area (Å²) in [6.45, 7) is 5.22. The van der Waals surface area contributed by atoms with Crippen molar-refractivity contribution in [2.45, 2.75) is 60.5 Å². The SMILES string of the molecule is C=C(C)C(=O)CCCC(=O)OC1C2CC3C(S2)C1NS3(=O)=O. The average Bonchev–Trinajstić information content (AvgIpc) is 3.02. The Morgan fingerprint density at radius 3 is 2.77 bits per heavy atom. The van der Waals surface area contributed by atoms with Crippen LogP contribution < -0.4 is 4.72 Å². The van der Waals surface area contributed by atoms with Crippen molar-refractivity contribution in [1.29, 1.82) is 0 Å². The lowest BCUT2D eigenvalue weighted by Crippen LogP contribution is -2.45. The summed E-state index contributed by atoms with van der Waals surface area (Å²) < 4.78 is 32.0. The molecule has 0 aliphatic carbocycles. The van der Waals surface area contributed by atoms with E-state index >= 15 is 0 Å². The van der Waals surface area contributed by atoms with Gasteiger partial charge in [-0.25, -0.2) is 13.1 Å². The van der Waals surface area contributed by atoms with Crippen LogP contribution in [0.25, 0.3) is 0 Å². The van der Waals surface area contributed by atoms with Gasteiger partial charge < -0.3 is 4.74 Å². The van der Waals surface area contributed by atoms with Gasteiger partial charge in [0.2, 0.25) is 10.0 Å². The first kappa shape index (κ1) is 16.0. The molecule has 0 amide bonds. The van der Waals surface area contributed by atoms with E-state index in [1.807, 2.05) is 0 Å². The van der Waals surface area contributed by atoms with Crippen molar-refractivity contribution in [3.05, 3.63) is 12.2 Å². The summed E-state index contributed by atoms with van der Waals surface area (Å²) in [6.07, 6.45) is 1.05. The maximum absolute atomic E-state index is 11.9. The number of rotatable bonds is 6. The van der Waals surface area contributed by atoms with E-state index in [4.69, 9.17) is 4.74 Å². The second-order valence-electron chi connectivity index (χ2n) is 6.11. The van der Waals surface area contributed by atoms with Crippen molar-refractivity contribution in [2.24, 2.45) is 0 Å². The molecule has 122 valence electrons. The molecule has 0 spiro atoms. The smallest absolute Gasteiger partial charge is 0.306 e. The lowest BCUT2D eigenvalue weighted by atomic mass is 9.93. The van der Waals surface area contributed by atoms with Crippen LogP contribution in [0.2, 0.25) is 0 Å². The number of esters is 1. The van der Waals surface area contributed by atoms with Gasteiger partial charge in [-0.15, -0.1) is 11.8 Å². The minimum atomic E-state index is -3.25. The second-order valence-corrected chi connectivity index (χ2v) is 9.47. The van der Waals surface area contributed by atoms with Gasteiger partial charge in [0, 0.05) is 23.3 Å². The molecule has 1 N–H and O–H groups in total. The molecular formula is C14H19NO5S2. The number of carbonyl (C=O) groups excluding carboxylic acids is 2. The average molecular weight is 345 g/mol. The Balaban J connectivity index is 1.51. The highest BCUT2D eigenvalue weighted by atomic mass is 32.2. The van der Waals surface area contributed by atoms with Gasteiger partial charge in [0.25, 0.3) is 0 Å². The molecule has 3 saturated heterocycles. The topological polar surface area (TPSA) is 89.5 Å². The Morgan fingerprint density at radius 2 is 2.09 bits per heavy atom. The summed E-state index contributed by atoms with van der Waals surface area (Å²) in [4.78, 5) is 23.3. The van der Waals surface area contributed by atoms with Gasteiger partial charge in [-0.3, -0.25) is 9.59 Å². The fourth-order valence-electron chi connectivity index (χ4n) is 3.33. The van der Waals surface area contributed by atoms with Gasteiger partial charge >= 0.3 is 5.97 Å². The molecule has 8 heteroatoms. The zero-order chi connectivity index (χ0) is 16.1. The molecule has 22 heavy (non-hydrogen) atoms. The Labute approximate surface area is 134 Å². The number of carbonyl (C=O) groups is 2. The van der Waals surface area contributed by atoms with E-state index in [1.165, 1.54) is 0 Å². The highest BCUT2D eigenvalue weighted by Crippen LogP contribution is 2.53. The predicted molar refractivity (Wildman–Crippen MR) is 83.0 cm³/mol. The Kier molecular flexibility index (Phi) is 4.11. The molecular weight excluding hydrogens is 326 g/mol. The van der Waals surface area contributed by atoms with Crippen LogP contribution in [0.15, 0.2) is 12.2 Å².